The smallest absolute Gasteiger partial charge is 0.232 e. The highest BCUT2D eigenvalue weighted by Crippen LogP contribution is 2.26. The fourth-order valence-electron chi connectivity index (χ4n) is 2.16. The normalized spacial score (nSPS) is 19.5. The lowest BCUT2D eigenvalue weighted by atomic mass is 10.1. The van der Waals surface area contributed by atoms with Crippen molar-refractivity contribution in [3.63, 3.8) is 0 Å². The van der Waals surface area contributed by atoms with E-state index in [-0.39, 0.29) is 24.0 Å². The summed E-state index contributed by atoms with van der Waals surface area (Å²) in [4.78, 5) is 13.4. The van der Waals surface area contributed by atoms with Gasteiger partial charge in [-0.15, -0.1) is 6.42 Å². The third-order valence-electron chi connectivity index (χ3n) is 2.99. The molecule has 2 rings (SSSR count). The molecule has 1 aliphatic heterocycles. The Bertz CT molecular complexity index is 631. The average Bonchev–Trinajstić information content (AvgIpc) is 2.68. The zero-order chi connectivity index (χ0) is 14.0. The number of carbonyl (C=O) groups is 1. The van der Waals surface area contributed by atoms with Crippen molar-refractivity contribution in [2.45, 2.75) is 6.42 Å². The quantitative estimate of drug-likeness (QED) is 0.629. The molecular weight excluding hydrogens is 286 g/mol. The number of halogens is 1. The Kier molecular flexibility index (Phi) is 3.83. The Morgan fingerprint density at radius 2 is 2.00 bits per heavy atom. The summed E-state index contributed by atoms with van der Waals surface area (Å²) < 4.78 is 22.1. The maximum atomic E-state index is 11.9. The molecule has 0 aliphatic carbocycles. The SMILES string of the molecule is C#Cc1ccc(N2CC(CS(=O)(=O)Cl)CC2=O)cc1. The lowest BCUT2D eigenvalue weighted by Crippen LogP contribution is -2.25. The first kappa shape index (κ1) is 13.9. The molecule has 0 bridgehead atoms. The van der Waals surface area contributed by atoms with E-state index in [0.29, 0.717) is 6.54 Å². The van der Waals surface area contributed by atoms with E-state index in [1.807, 2.05) is 0 Å². The number of benzene rings is 1. The topological polar surface area (TPSA) is 54.5 Å². The molecule has 0 spiro atoms. The summed E-state index contributed by atoms with van der Waals surface area (Å²) in [6.07, 6.45) is 5.46. The van der Waals surface area contributed by atoms with Crippen molar-refractivity contribution < 1.29 is 13.2 Å². The minimum atomic E-state index is -3.58. The van der Waals surface area contributed by atoms with Gasteiger partial charge >= 0.3 is 0 Å². The molecule has 1 unspecified atom stereocenters. The average molecular weight is 298 g/mol. The van der Waals surface area contributed by atoms with E-state index in [2.05, 4.69) is 5.92 Å². The van der Waals surface area contributed by atoms with E-state index >= 15 is 0 Å². The minimum absolute atomic E-state index is 0.0984. The Morgan fingerprint density at radius 3 is 2.53 bits per heavy atom. The second-order valence-electron chi connectivity index (χ2n) is 4.47. The van der Waals surface area contributed by atoms with Crippen LogP contribution in [0.25, 0.3) is 0 Å². The molecule has 0 N–H and O–H groups in total. The van der Waals surface area contributed by atoms with Gasteiger partial charge in [-0.05, 0) is 24.3 Å². The largest absolute Gasteiger partial charge is 0.312 e. The van der Waals surface area contributed by atoms with Crippen LogP contribution in [-0.4, -0.2) is 26.6 Å². The predicted molar refractivity (Wildman–Crippen MR) is 74.5 cm³/mol. The molecule has 1 aromatic rings. The van der Waals surface area contributed by atoms with Crippen molar-refractivity contribution in [2.75, 3.05) is 17.2 Å². The zero-order valence-corrected chi connectivity index (χ0v) is 11.6. The summed E-state index contributed by atoms with van der Waals surface area (Å²) in [5.74, 6) is 1.95. The molecule has 1 fully saturated rings. The molecule has 1 aliphatic rings. The van der Waals surface area contributed by atoms with Gasteiger partial charge in [0.2, 0.25) is 15.0 Å². The van der Waals surface area contributed by atoms with Crippen molar-refractivity contribution in [1.82, 2.24) is 0 Å². The lowest BCUT2D eigenvalue weighted by molar-refractivity contribution is -0.117. The number of rotatable bonds is 3. The van der Waals surface area contributed by atoms with Crippen LogP contribution in [0.3, 0.4) is 0 Å². The van der Waals surface area contributed by atoms with Gasteiger partial charge in [0.05, 0.1) is 5.75 Å². The number of carbonyl (C=O) groups excluding carboxylic acids is 1. The lowest BCUT2D eigenvalue weighted by Gasteiger charge is -2.16. The summed E-state index contributed by atoms with van der Waals surface area (Å²) in [6, 6.07) is 7.00. The number of anilines is 1. The molecule has 1 aromatic carbocycles. The third kappa shape index (κ3) is 3.49. The first-order chi connectivity index (χ1) is 8.89. The van der Waals surface area contributed by atoms with Gasteiger partial charge in [-0.1, -0.05) is 5.92 Å². The fraction of sp³-hybridized carbons (Fsp3) is 0.308. The summed E-state index contributed by atoms with van der Waals surface area (Å²) in [7, 11) is 1.63. The summed E-state index contributed by atoms with van der Waals surface area (Å²) >= 11 is 0. The van der Waals surface area contributed by atoms with Crippen LogP contribution in [0.4, 0.5) is 5.69 Å². The second kappa shape index (κ2) is 5.24. The molecule has 0 radical (unpaired) electrons. The van der Waals surface area contributed by atoms with Gasteiger partial charge in [-0.25, -0.2) is 8.42 Å². The van der Waals surface area contributed by atoms with Gasteiger partial charge in [-0.2, -0.15) is 0 Å². The standard InChI is InChI=1S/C13H12ClNO3S/c1-2-10-3-5-12(6-4-10)15-8-11(7-13(15)16)9-19(14,17)18/h1,3-6,11H,7-9H2. The van der Waals surface area contributed by atoms with Gasteiger partial charge in [0.1, 0.15) is 0 Å². The van der Waals surface area contributed by atoms with Gasteiger partial charge in [-0.3, -0.25) is 4.79 Å². The van der Waals surface area contributed by atoms with Crippen LogP contribution >= 0.6 is 10.7 Å². The molecular formula is C13H12ClNO3S. The summed E-state index contributed by atoms with van der Waals surface area (Å²) in [5.41, 5.74) is 1.45. The molecule has 0 saturated carbocycles. The van der Waals surface area contributed by atoms with Crippen LogP contribution in [0.15, 0.2) is 24.3 Å². The third-order valence-corrected chi connectivity index (χ3v) is 4.23. The minimum Gasteiger partial charge on any atom is -0.312 e. The van der Waals surface area contributed by atoms with Gasteiger partial charge in [0.25, 0.3) is 0 Å². The zero-order valence-electron chi connectivity index (χ0n) is 10.0. The monoisotopic (exact) mass is 297 g/mol. The number of nitrogens with zero attached hydrogens (tertiary/aromatic N) is 1. The van der Waals surface area contributed by atoms with Gasteiger partial charge in [0.15, 0.2) is 0 Å². The number of hydrogen-bond donors (Lipinski definition) is 0. The predicted octanol–water partition coefficient (Wildman–Crippen LogP) is 1.59. The molecule has 6 heteroatoms. The Hall–Kier alpha value is -1.51. The maximum absolute atomic E-state index is 11.9. The molecule has 100 valence electrons. The first-order valence-corrected chi connectivity index (χ1v) is 8.16. The van der Waals surface area contributed by atoms with Crippen LogP contribution in [0.2, 0.25) is 0 Å². The number of amides is 1. The summed E-state index contributed by atoms with van der Waals surface area (Å²) in [5, 5.41) is 0. The van der Waals surface area contributed by atoms with Gasteiger partial charge < -0.3 is 4.90 Å². The van der Waals surface area contributed by atoms with Gasteiger partial charge in [0, 0.05) is 40.8 Å². The van der Waals surface area contributed by atoms with E-state index < -0.39 is 9.05 Å². The number of hydrogen-bond acceptors (Lipinski definition) is 3. The van der Waals surface area contributed by atoms with E-state index in [1.165, 1.54) is 0 Å². The van der Waals surface area contributed by atoms with Crippen LogP contribution < -0.4 is 4.90 Å². The Morgan fingerprint density at radius 1 is 1.37 bits per heavy atom. The molecule has 1 amide bonds. The van der Waals surface area contributed by atoms with E-state index in [0.717, 1.165) is 11.3 Å². The molecule has 19 heavy (non-hydrogen) atoms. The Balaban J connectivity index is 2.13. The number of terminal acetylenes is 1. The molecule has 0 aromatic heterocycles. The highest BCUT2D eigenvalue weighted by molar-refractivity contribution is 8.13. The molecule has 4 nitrogen and oxygen atoms in total. The fourth-order valence-corrected chi connectivity index (χ4v) is 3.48. The van der Waals surface area contributed by atoms with Crippen LogP contribution in [-0.2, 0) is 13.8 Å². The van der Waals surface area contributed by atoms with Crippen LogP contribution in [0, 0.1) is 18.3 Å². The summed E-state index contributed by atoms with van der Waals surface area (Å²) in [6.45, 7) is 0.361. The molecule has 1 atom stereocenters. The Labute approximate surface area is 116 Å². The van der Waals surface area contributed by atoms with Crippen molar-refractivity contribution >= 4 is 31.3 Å². The maximum Gasteiger partial charge on any atom is 0.232 e. The van der Waals surface area contributed by atoms with Crippen molar-refractivity contribution in [3.8, 4) is 12.3 Å². The van der Waals surface area contributed by atoms with Crippen molar-refractivity contribution in [1.29, 1.82) is 0 Å². The molecule has 1 heterocycles. The van der Waals surface area contributed by atoms with E-state index in [1.54, 1.807) is 29.2 Å². The van der Waals surface area contributed by atoms with Crippen LogP contribution in [0.5, 0.6) is 0 Å². The van der Waals surface area contributed by atoms with Crippen LogP contribution in [0.1, 0.15) is 12.0 Å². The molecule has 1 saturated heterocycles. The van der Waals surface area contributed by atoms with Crippen molar-refractivity contribution in [2.24, 2.45) is 5.92 Å². The second-order valence-corrected chi connectivity index (χ2v) is 7.29. The first-order valence-electron chi connectivity index (χ1n) is 5.68. The van der Waals surface area contributed by atoms with E-state index in [9.17, 15) is 13.2 Å². The van der Waals surface area contributed by atoms with Crippen molar-refractivity contribution in [3.05, 3.63) is 29.8 Å². The van der Waals surface area contributed by atoms with E-state index in [4.69, 9.17) is 17.1 Å². The highest BCUT2D eigenvalue weighted by Gasteiger charge is 2.33. The highest BCUT2D eigenvalue weighted by atomic mass is 35.7.